The quantitative estimate of drug-likeness (QED) is 0.749. The number of rotatable bonds is 6. The van der Waals surface area contributed by atoms with Gasteiger partial charge in [-0.25, -0.2) is 0 Å². The predicted molar refractivity (Wildman–Crippen MR) is 71.6 cm³/mol. The predicted octanol–water partition coefficient (Wildman–Crippen LogP) is 0.242. The Morgan fingerprint density at radius 3 is 3.00 bits per heavy atom. The molecule has 1 saturated heterocycles. The molecule has 1 aliphatic rings. The maximum atomic E-state index is 11.9. The van der Waals surface area contributed by atoms with Crippen LogP contribution in [0.5, 0.6) is 0 Å². The van der Waals surface area contributed by atoms with Crippen LogP contribution in [0.1, 0.15) is 19.0 Å². The Morgan fingerprint density at radius 2 is 2.26 bits per heavy atom. The largest absolute Gasteiger partial charge is 0.378 e. The van der Waals surface area contributed by atoms with E-state index in [4.69, 9.17) is 4.74 Å². The summed E-state index contributed by atoms with van der Waals surface area (Å²) in [7, 11) is 0. The lowest BCUT2D eigenvalue weighted by Crippen LogP contribution is -2.41. The lowest BCUT2D eigenvalue weighted by molar-refractivity contribution is -0.135. The van der Waals surface area contributed by atoms with Crippen LogP contribution in [0.15, 0.2) is 12.3 Å². The minimum absolute atomic E-state index is 0.208. The second kappa shape index (κ2) is 7.25. The van der Waals surface area contributed by atoms with Crippen molar-refractivity contribution >= 4 is 5.91 Å². The number of carbonyl (C=O) groups excluding carboxylic acids is 1. The highest BCUT2D eigenvalue weighted by molar-refractivity contribution is 5.76. The van der Waals surface area contributed by atoms with E-state index in [9.17, 15) is 4.79 Å². The highest BCUT2D eigenvalue weighted by atomic mass is 16.5. The van der Waals surface area contributed by atoms with Gasteiger partial charge < -0.3 is 15.0 Å². The number of aromatic nitrogens is 2. The van der Waals surface area contributed by atoms with Crippen LogP contribution in [0.25, 0.3) is 0 Å². The van der Waals surface area contributed by atoms with Gasteiger partial charge in [0, 0.05) is 45.3 Å². The fourth-order valence-corrected chi connectivity index (χ4v) is 2.18. The van der Waals surface area contributed by atoms with E-state index >= 15 is 0 Å². The Hall–Kier alpha value is -1.40. The van der Waals surface area contributed by atoms with Gasteiger partial charge >= 0.3 is 0 Å². The molecule has 1 amide bonds. The van der Waals surface area contributed by atoms with Gasteiger partial charge in [0.25, 0.3) is 0 Å². The highest BCUT2D eigenvalue weighted by Gasteiger charge is 2.15. The van der Waals surface area contributed by atoms with E-state index in [0.29, 0.717) is 26.2 Å². The van der Waals surface area contributed by atoms with Crippen LogP contribution in [-0.2, 0) is 22.6 Å². The van der Waals surface area contributed by atoms with Crippen molar-refractivity contribution in [3.63, 3.8) is 0 Å². The Labute approximate surface area is 113 Å². The van der Waals surface area contributed by atoms with E-state index in [1.165, 1.54) is 0 Å². The molecule has 0 atom stereocenters. The van der Waals surface area contributed by atoms with Gasteiger partial charge in [-0.1, -0.05) is 0 Å². The molecule has 1 aromatic heterocycles. The molecule has 0 aromatic carbocycles. The maximum absolute atomic E-state index is 11.9. The maximum Gasteiger partial charge on any atom is 0.224 e. The number of amides is 1. The molecule has 1 N–H and O–H groups in total. The van der Waals surface area contributed by atoms with Crippen molar-refractivity contribution in [1.82, 2.24) is 20.0 Å². The summed E-state index contributed by atoms with van der Waals surface area (Å²) in [5.41, 5.74) is 1.15. The van der Waals surface area contributed by atoms with Crippen molar-refractivity contribution in [3.8, 4) is 0 Å². The Bertz CT molecular complexity index is 399. The number of aryl methyl sites for hydroxylation is 1. The van der Waals surface area contributed by atoms with E-state index in [-0.39, 0.29) is 5.91 Å². The molecule has 0 spiro atoms. The molecule has 2 heterocycles. The molecular formula is C13H22N4O2. The summed E-state index contributed by atoms with van der Waals surface area (Å²) in [4.78, 5) is 13.8. The van der Waals surface area contributed by atoms with Gasteiger partial charge in [0.2, 0.25) is 5.91 Å². The molecule has 0 aliphatic carbocycles. The van der Waals surface area contributed by atoms with Crippen LogP contribution in [0.3, 0.4) is 0 Å². The molecule has 1 aromatic rings. The lowest BCUT2D eigenvalue weighted by Gasteiger charge is -2.26. The number of ether oxygens (including phenoxy) is 1. The summed E-state index contributed by atoms with van der Waals surface area (Å²) in [6.07, 6.45) is 2.35. The molecule has 6 heteroatoms. The number of nitrogens with zero attached hydrogens (tertiary/aromatic N) is 3. The normalized spacial score (nSPS) is 15.7. The Kier molecular flexibility index (Phi) is 5.35. The van der Waals surface area contributed by atoms with Crippen molar-refractivity contribution in [3.05, 3.63) is 18.0 Å². The van der Waals surface area contributed by atoms with Crippen molar-refractivity contribution in [2.75, 3.05) is 32.8 Å². The van der Waals surface area contributed by atoms with Crippen molar-refractivity contribution in [2.24, 2.45) is 0 Å². The molecule has 106 valence electrons. The minimum atomic E-state index is 0.208. The molecule has 6 nitrogen and oxygen atoms in total. The minimum Gasteiger partial charge on any atom is -0.378 e. The van der Waals surface area contributed by atoms with Crippen molar-refractivity contribution in [2.45, 2.75) is 26.4 Å². The number of nitrogens with one attached hydrogen (secondary N) is 1. The Balaban J connectivity index is 1.65. The van der Waals surface area contributed by atoms with Crippen LogP contribution in [0.2, 0.25) is 0 Å². The van der Waals surface area contributed by atoms with E-state index < -0.39 is 0 Å². The molecule has 0 unspecified atom stereocenters. The molecule has 0 radical (unpaired) electrons. The summed E-state index contributed by atoms with van der Waals surface area (Å²) >= 11 is 0. The summed E-state index contributed by atoms with van der Waals surface area (Å²) in [5.74, 6) is 0.208. The first-order valence-electron chi connectivity index (χ1n) is 6.88. The molecule has 2 rings (SSSR count). The zero-order valence-electron chi connectivity index (χ0n) is 11.5. The molecule has 0 bridgehead atoms. The lowest BCUT2D eigenvalue weighted by atomic mass is 10.3. The highest BCUT2D eigenvalue weighted by Crippen LogP contribution is 2.01. The van der Waals surface area contributed by atoms with Gasteiger partial charge in [0.15, 0.2) is 0 Å². The van der Waals surface area contributed by atoms with Crippen LogP contribution in [0.4, 0.5) is 0 Å². The van der Waals surface area contributed by atoms with E-state index in [0.717, 1.165) is 31.9 Å². The second-order valence-electron chi connectivity index (χ2n) is 4.56. The third kappa shape index (κ3) is 4.04. The average Bonchev–Trinajstić information content (AvgIpc) is 2.91. The first-order chi connectivity index (χ1) is 9.31. The third-order valence-corrected chi connectivity index (χ3v) is 3.29. The number of morpholine rings is 1. The third-order valence-electron chi connectivity index (χ3n) is 3.29. The number of hydrogen-bond donors (Lipinski definition) is 1. The van der Waals surface area contributed by atoms with E-state index in [1.807, 2.05) is 15.6 Å². The fourth-order valence-electron chi connectivity index (χ4n) is 2.18. The first-order valence-corrected chi connectivity index (χ1v) is 6.88. The van der Waals surface area contributed by atoms with Gasteiger partial charge in [-0.15, -0.1) is 0 Å². The van der Waals surface area contributed by atoms with Gasteiger partial charge in [0.1, 0.15) is 0 Å². The van der Waals surface area contributed by atoms with E-state index in [2.05, 4.69) is 17.3 Å². The summed E-state index contributed by atoms with van der Waals surface area (Å²) in [6.45, 7) is 7.16. The van der Waals surface area contributed by atoms with Crippen LogP contribution in [-0.4, -0.2) is 53.4 Å². The second-order valence-corrected chi connectivity index (χ2v) is 4.56. The van der Waals surface area contributed by atoms with Crippen LogP contribution >= 0.6 is 0 Å². The molecule has 19 heavy (non-hydrogen) atoms. The first kappa shape index (κ1) is 14.0. The van der Waals surface area contributed by atoms with E-state index in [1.54, 1.807) is 6.20 Å². The summed E-state index contributed by atoms with van der Waals surface area (Å²) < 4.78 is 7.19. The zero-order chi connectivity index (χ0) is 13.5. The SMILES string of the molecule is CCn1nccc1CNCCC(=O)N1CCOCC1. The monoisotopic (exact) mass is 266 g/mol. The van der Waals surface area contributed by atoms with Gasteiger partial charge in [-0.05, 0) is 13.0 Å². The zero-order valence-corrected chi connectivity index (χ0v) is 11.5. The standard InChI is InChI=1S/C13H22N4O2/c1-2-17-12(3-6-15-17)11-14-5-4-13(18)16-7-9-19-10-8-16/h3,6,14H,2,4-5,7-11H2,1H3. The van der Waals surface area contributed by atoms with Gasteiger partial charge in [-0.3, -0.25) is 9.48 Å². The topological polar surface area (TPSA) is 59.4 Å². The molecule has 1 aliphatic heterocycles. The smallest absolute Gasteiger partial charge is 0.224 e. The van der Waals surface area contributed by atoms with Crippen molar-refractivity contribution in [1.29, 1.82) is 0 Å². The van der Waals surface area contributed by atoms with Gasteiger partial charge in [0.05, 0.1) is 18.9 Å². The average molecular weight is 266 g/mol. The van der Waals surface area contributed by atoms with Gasteiger partial charge in [-0.2, -0.15) is 5.10 Å². The van der Waals surface area contributed by atoms with Crippen LogP contribution < -0.4 is 5.32 Å². The Morgan fingerprint density at radius 1 is 1.47 bits per heavy atom. The molecule has 0 saturated carbocycles. The summed E-state index contributed by atoms with van der Waals surface area (Å²) in [5, 5.41) is 7.50. The molecular weight excluding hydrogens is 244 g/mol. The van der Waals surface area contributed by atoms with Crippen LogP contribution in [0, 0.1) is 0 Å². The number of carbonyl (C=O) groups is 1. The molecule has 1 fully saturated rings. The summed E-state index contributed by atoms with van der Waals surface area (Å²) in [6, 6.07) is 2.00. The number of hydrogen-bond acceptors (Lipinski definition) is 4. The van der Waals surface area contributed by atoms with Crippen molar-refractivity contribution < 1.29 is 9.53 Å². The fraction of sp³-hybridized carbons (Fsp3) is 0.692.